The smallest absolute Gasteiger partial charge is 0.257 e. The standard InChI is InChI=1S/C28H30ClN3O3/c29-23-13-4-7-16-26(23)34-20-9-8-19-32-25-15-6-5-14-24(25)31-27(32)17-10-18-30-28(33)21-35-22-11-2-1-3-12-22/h1-7,11-16H,8-10,17-21H2,(H,30,33). The van der Waals surface area contributed by atoms with E-state index in [1.807, 2.05) is 72.8 Å². The van der Waals surface area contributed by atoms with E-state index < -0.39 is 0 Å². The van der Waals surface area contributed by atoms with Gasteiger partial charge in [-0.3, -0.25) is 4.79 Å². The van der Waals surface area contributed by atoms with Gasteiger partial charge in [-0.1, -0.05) is 54.1 Å². The first-order valence-corrected chi connectivity index (χ1v) is 12.3. The highest BCUT2D eigenvalue weighted by atomic mass is 35.5. The first-order valence-electron chi connectivity index (χ1n) is 12.0. The molecule has 0 unspecified atom stereocenters. The molecular weight excluding hydrogens is 462 g/mol. The summed E-state index contributed by atoms with van der Waals surface area (Å²) in [5, 5.41) is 3.56. The summed E-state index contributed by atoms with van der Waals surface area (Å²) in [6, 6.07) is 25.1. The molecule has 0 fully saturated rings. The minimum atomic E-state index is -0.124. The maximum absolute atomic E-state index is 12.1. The molecule has 1 amide bonds. The van der Waals surface area contributed by atoms with E-state index in [0.717, 1.165) is 54.8 Å². The second kappa shape index (κ2) is 12.8. The highest BCUT2D eigenvalue weighted by molar-refractivity contribution is 6.32. The number of amides is 1. The van der Waals surface area contributed by atoms with Gasteiger partial charge in [-0.05, 0) is 55.7 Å². The quantitative estimate of drug-likeness (QED) is 0.244. The van der Waals surface area contributed by atoms with Crippen molar-refractivity contribution in [3.8, 4) is 11.5 Å². The van der Waals surface area contributed by atoms with E-state index >= 15 is 0 Å². The van der Waals surface area contributed by atoms with E-state index in [-0.39, 0.29) is 12.5 Å². The van der Waals surface area contributed by atoms with Gasteiger partial charge in [-0.25, -0.2) is 4.98 Å². The van der Waals surface area contributed by atoms with Gasteiger partial charge in [0.05, 0.1) is 22.7 Å². The summed E-state index contributed by atoms with van der Waals surface area (Å²) in [5.41, 5.74) is 2.13. The molecule has 0 saturated carbocycles. The number of carbonyl (C=O) groups excluding carboxylic acids is 1. The van der Waals surface area contributed by atoms with Gasteiger partial charge < -0.3 is 19.4 Å². The number of fused-ring (bicyclic) bond motifs is 1. The zero-order valence-corrected chi connectivity index (χ0v) is 20.4. The third-order valence-electron chi connectivity index (χ3n) is 5.62. The zero-order chi connectivity index (χ0) is 24.3. The van der Waals surface area contributed by atoms with E-state index in [1.165, 1.54) is 0 Å². The van der Waals surface area contributed by atoms with Crippen molar-refractivity contribution in [2.45, 2.75) is 32.2 Å². The Morgan fingerprint density at radius 2 is 1.66 bits per heavy atom. The Balaban J connectivity index is 1.24. The second-order valence-electron chi connectivity index (χ2n) is 8.21. The van der Waals surface area contributed by atoms with Gasteiger partial charge in [0, 0.05) is 19.5 Å². The topological polar surface area (TPSA) is 65.4 Å². The number of aromatic nitrogens is 2. The number of nitrogens with one attached hydrogen (secondary N) is 1. The Labute approximate surface area is 210 Å². The number of nitrogens with zero attached hydrogens (tertiary/aromatic N) is 2. The fraction of sp³-hybridized carbons (Fsp3) is 0.286. The number of unbranched alkanes of at least 4 members (excludes halogenated alkanes) is 1. The summed E-state index contributed by atoms with van der Waals surface area (Å²) in [7, 11) is 0. The molecule has 4 aromatic rings. The predicted octanol–water partition coefficient (Wildman–Crippen LogP) is 5.68. The zero-order valence-electron chi connectivity index (χ0n) is 19.7. The number of ether oxygens (including phenoxy) is 2. The van der Waals surface area contributed by atoms with Gasteiger partial charge in [0.25, 0.3) is 5.91 Å². The van der Waals surface area contributed by atoms with Crippen molar-refractivity contribution in [2.75, 3.05) is 19.8 Å². The number of aryl methyl sites for hydroxylation is 2. The summed E-state index contributed by atoms with van der Waals surface area (Å²) in [6.07, 6.45) is 3.46. The minimum Gasteiger partial charge on any atom is -0.492 e. The van der Waals surface area contributed by atoms with Crippen LogP contribution in [-0.2, 0) is 17.8 Å². The molecule has 1 N–H and O–H groups in total. The highest BCUT2D eigenvalue weighted by Gasteiger charge is 2.11. The van der Waals surface area contributed by atoms with Crippen molar-refractivity contribution in [3.05, 3.63) is 89.7 Å². The molecule has 0 radical (unpaired) electrons. The van der Waals surface area contributed by atoms with Crippen LogP contribution in [0, 0.1) is 0 Å². The lowest BCUT2D eigenvalue weighted by atomic mass is 10.2. The predicted molar refractivity (Wildman–Crippen MR) is 139 cm³/mol. The van der Waals surface area contributed by atoms with Gasteiger partial charge in [-0.15, -0.1) is 0 Å². The largest absolute Gasteiger partial charge is 0.492 e. The Bertz CT molecular complexity index is 1230. The molecule has 1 aromatic heterocycles. The average molecular weight is 492 g/mol. The monoisotopic (exact) mass is 491 g/mol. The van der Waals surface area contributed by atoms with E-state index in [4.69, 9.17) is 26.1 Å². The molecule has 0 aliphatic carbocycles. The maximum atomic E-state index is 12.1. The van der Waals surface area contributed by atoms with Crippen LogP contribution in [0.3, 0.4) is 0 Å². The molecule has 0 aliphatic heterocycles. The van der Waals surface area contributed by atoms with Crippen LogP contribution in [0.15, 0.2) is 78.9 Å². The molecule has 0 atom stereocenters. The molecule has 1 heterocycles. The second-order valence-corrected chi connectivity index (χ2v) is 8.62. The Hall–Kier alpha value is -3.51. The van der Waals surface area contributed by atoms with Crippen LogP contribution >= 0.6 is 11.6 Å². The van der Waals surface area contributed by atoms with Gasteiger partial charge in [0.15, 0.2) is 6.61 Å². The summed E-state index contributed by atoms with van der Waals surface area (Å²) >= 11 is 6.16. The molecule has 0 saturated heterocycles. The fourth-order valence-electron chi connectivity index (χ4n) is 3.87. The van der Waals surface area contributed by atoms with Gasteiger partial charge in [0.1, 0.15) is 17.3 Å². The number of carbonyl (C=O) groups is 1. The van der Waals surface area contributed by atoms with Crippen LogP contribution in [0.2, 0.25) is 5.02 Å². The lowest BCUT2D eigenvalue weighted by Crippen LogP contribution is -2.30. The van der Waals surface area contributed by atoms with Crippen molar-refractivity contribution in [1.29, 1.82) is 0 Å². The number of halogens is 1. The third-order valence-corrected chi connectivity index (χ3v) is 5.93. The number of rotatable bonds is 13. The normalized spacial score (nSPS) is 10.9. The SMILES string of the molecule is O=C(COc1ccccc1)NCCCc1nc2ccccc2n1CCCCOc1ccccc1Cl. The van der Waals surface area contributed by atoms with Crippen molar-refractivity contribution >= 4 is 28.5 Å². The molecule has 0 spiro atoms. The fourth-order valence-corrected chi connectivity index (χ4v) is 4.06. The first-order chi connectivity index (χ1) is 17.2. The maximum Gasteiger partial charge on any atom is 0.257 e. The Kier molecular flexibility index (Phi) is 9.01. The van der Waals surface area contributed by atoms with Crippen molar-refractivity contribution < 1.29 is 14.3 Å². The minimum absolute atomic E-state index is 0.0127. The summed E-state index contributed by atoms with van der Waals surface area (Å²) in [4.78, 5) is 16.9. The van der Waals surface area contributed by atoms with Crippen LogP contribution in [0.25, 0.3) is 11.0 Å². The summed E-state index contributed by atoms with van der Waals surface area (Å²) < 4.78 is 13.6. The number of hydrogen-bond donors (Lipinski definition) is 1. The molecule has 6 nitrogen and oxygen atoms in total. The van der Waals surface area contributed by atoms with Gasteiger partial charge in [0.2, 0.25) is 0 Å². The Morgan fingerprint density at radius 3 is 2.51 bits per heavy atom. The molecule has 3 aromatic carbocycles. The third kappa shape index (κ3) is 7.23. The lowest BCUT2D eigenvalue weighted by Gasteiger charge is -2.11. The number of para-hydroxylation sites is 4. The van der Waals surface area contributed by atoms with Crippen LogP contribution in [0.4, 0.5) is 0 Å². The van der Waals surface area contributed by atoms with Crippen molar-refractivity contribution in [1.82, 2.24) is 14.9 Å². The molecule has 182 valence electrons. The van der Waals surface area contributed by atoms with E-state index in [2.05, 4.69) is 16.0 Å². The average Bonchev–Trinajstić information content (AvgIpc) is 3.24. The summed E-state index contributed by atoms with van der Waals surface area (Å²) in [6.45, 7) is 2.06. The number of hydrogen-bond acceptors (Lipinski definition) is 4. The first kappa shape index (κ1) is 24.6. The van der Waals surface area contributed by atoms with Crippen LogP contribution < -0.4 is 14.8 Å². The number of imidazole rings is 1. The summed E-state index contributed by atoms with van der Waals surface area (Å²) in [5.74, 6) is 2.32. The molecule has 0 bridgehead atoms. The van der Waals surface area contributed by atoms with Crippen molar-refractivity contribution in [3.63, 3.8) is 0 Å². The van der Waals surface area contributed by atoms with Crippen molar-refractivity contribution in [2.24, 2.45) is 0 Å². The Morgan fingerprint density at radius 1 is 0.886 bits per heavy atom. The van der Waals surface area contributed by atoms with E-state index in [0.29, 0.717) is 23.9 Å². The molecular formula is C28H30ClN3O3. The molecule has 35 heavy (non-hydrogen) atoms. The van der Waals surface area contributed by atoms with Crippen LogP contribution in [-0.4, -0.2) is 35.2 Å². The highest BCUT2D eigenvalue weighted by Crippen LogP contribution is 2.23. The van der Waals surface area contributed by atoms with E-state index in [9.17, 15) is 4.79 Å². The lowest BCUT2D eigenvalue weighted by molar-refractivity contribution is -0.123. The van der Waals surface area contributed by atoms with E-state index in [1.54, 1.807) is 0 Å². The van der Waals surface area contributed by atoms with Gasteiger partial charge in [-0.2, -0.15) is 0 Å². The van der Waals surface area contributed by atoms with Crippen LogP contribution in [0.5, 0.6) is 11.5 Å². The number of benzene rings is 3. The molecule has 4 rings (SSSR count). The van der Waals surface area contributed by atoms with Crippen LogP contribution in [0.1, 0.15) is 25.1 Å². The molecule has 0 aliphatic rings. The molecule has 7 heteroatoms. The van der Waals surface area contributed by atoms with Gasteiger partial charge >= 0.3 is 0 Å².